The highest BCUT2D eigenvalue weighted by Gasteiger charge is 2.39. The SMILES string of the molecule is CCOc1ccc(C(=O)N[C@H](C(=O)N2CCN(C(C)=O)CC2)S(=O)(=O)c2ccc(C)cc2)cc1. The summed E-state index contributed by atoms with van der Waals surface area (Å²) in [4.78, 5) is 40.8. The van der Waals surface area contributed by atoms with Crippen LogP contribution in [0.3, 0.4) is 0 Å². The van der Waals surface area contributed by atoms with Crippen LogP contribution in [0.25, 0.3) is 0 Å². The molecule has 0 aromatic heterocycles. The molecule has 182 valence electrons. The molecule has 0 bridgehead atoms. The van der Waals surface area contributed by atoms with Crippen molar-refractivity contribution >= 4 is 27.6 Å². The highest BCUT2D eigenvalue weighted by Crippen LogP contribution is 2.19. The first-order chi connectivity index (χ1) is 16.1. The third kappa shape index (κ3) is 5.74. The third-order valence-corrected chi connectivity index (χ3v) is 7.48. The number of carbonyl (C=O) groups excluding carboxylic acids is 3. The summed E-state index contributed by atoms with van der Waals surface area (Å²) in [7, 11) is -4.24. The zero-order chi connectivity index (χ0) is 24.9. The van der Waals surface area contributed by atoms with Gasteiger partial charge in [-0.25, -0.2) is 8.42 Å². The Hall–Kier alpha value is -3.40. The quantitative estimate of drug-likeness (QED) is 0.635. The van der Waals surface area contributed by atoms with E-state index in [1.54, 1.807) is 29.2 Å². The number of carbonyl (C=O) groups is 3. The predicted octanol–water partition coefficient (Wildman–Crippen LogP) is 1.61. The summed E-state index contributed by atoms with van der Waals surface area (Å²) in [6.07, 6.45) is 0. The van der Waals surface area contributed by atoms with Gasteiger partial charge in [-0.2, -0.15) is 0 Å². The molecular weight excluding hydrogens is 458 g/mol. The minimum atomic E-state index is -4.24. The van der Waals surface area contributed by atoms with Gasteiger partial charge in [0.25, 0.3) is 11.8 Å². The topological polar surface area (TPSA) is 113 Å². The number of ether oxygens (including phenoxy) is 1. The largest absolute Gasteiger partial charge is 0.494 e. The number of aryl methyl sites for hydroxylation is 1. The Morgan fingerprint density at radius 1 is 0.941 bits per heavy atom. The molecule has 1 heterocycles. The fourth-order valence-corrected chi connectivity index (χ4v) is 5.08. The molecule has 0 spiro atoms. The van der Waals surface area contributed by atoms with Gasteiger partial charge in [-0.1, -0.05) is 17.7 Å². The Kier molecular flexibility index (Phi) is 7.93. The minimum absolute atomic E-state index is 0.0641. The van der Waals surface area contributed by atoms with Crippen molar-refractivity contribution in [2.45, 2.75) is 31.0 Å². The average molecular weight is 488 g/mol. The summed E-state index contributed by atoms with van der Waals surface area (Å²) in [6.45, 7) is 6.52. The van der Waals surface area contributed by atoms with Crippen LogP contribution in [0.15, 0.2) is 53.4 Å². The Labute approximate surface area is 199 Å². The fourth-order valence-electron chi connectivity index (χ4n) is 3.62. The molecule has 0 saturated carbocycles. The Morgan fingerprint density at radius 2 is 1.50 bits per heavy atom. The lowest BCUT2D eigenvalue weighted by Crippen LogP contribution is -2.57. The van der Waals surface area contributed by atoms with Gasteiger partial charge in [-0.05, 0) is 50.2 Å². The first-order valence-electron chi connectivity index (χ1n) is 11.0. The maximum Gasteiger partial charge on any atom is 0.261 e. The van der Waals surface area contributed by atoms with Crippen molar-refractivity contribution in [3.8, 4) is 5.75 Å². The lowest BCUT2D eigenvalue weighted by molar-refractivity contribution is -0.138. The van der Waals surface area contributed by atoms with Gasteiger partial charge >= 0.3 is 0 Å². The van der Waals surface area contributed by atoms with E-state index in [0.29, 0.717) is 25.4 Å². The van der Waals surface area contributed by atoms with Crippen LogP contribution in [-0.2, 0) is 19.4 Å². The second-order valence-electron chi connectivity index (χ2n) is 8.00. The zero-order valence-electron chi connectivity index (χ0n) is 19.5. The van der Waals surface area contributed by atoms with E-state index in [1.807, 2.05) is 13.8 Å². The van der Waals surface area contributed by atoms with Crippen molar-refractivity contribution in [3.05, 3.63) is 59.7 Å². The molecule has 3 rings (SSSR count). The van der Waals surface area contributed by atoms with Crippen LogP contribution in [0, 0.1) is 6.92 Å². The molecule has 1 saturated heterocycles. The summed E-state index contributed by atoms with van der Waals surface area (Å²) in [5, 5.41) is 0.622. The highest BCUT2D eigenvalue weighted by atomic mass is 32.2. The second-order valence-corrected chi connectivity index (χ2v) is 10.0. The fraction of sp³-hybridized carbons (Fsp3) is 0.375. The molecule has 1 fully saturated rings. The van der Waals surface area contributed by atoms with E-state index in [4.69, 9.17) is 4.74 Å². The molecule has 0 radical (unpaired) electrons. The zero-order valence-corrected chi connectivity index (χ0v) is 20.3. The molecule has 3 amide bonds. The first-order valence-corrected chi connectivity index (χ1v) is 12.6. The van der Waals surface area contributed by atoms with Gasteiger partial charge < -0.3 is 19.9 Å². The highest BCUT2D eigenvalue weighted by molar-refractivity contribution is 7.92. The number of hydrogen-bond acceptors (Lipinski definition) is 6. The van der Waals surface area contributed by atoms with Gasteiger partial charge in [0.2, 0.25) is 21.1 Å². The molecule has 1 N–H and O–H groups in total. The lowest BCUT2D eigenvalue weighted by Gasteiger charge is -2.36. The maximum atomic E-state index is 13.5. The Morgan fingerprint density at radius 3 is 2.03 bits per heavy atom. The van der Waals surface area contributed by atoms with Crippen molar-refractivity contribution in [3.63, 3.8) is 0 Å². The van der Waals surface area contributed by atoms with Crippen molar-refractivity contribution in [1.82, 2.24) is 15.1 Å². The summed E-state index contributed by atoms with van der Waals surface area (Å²) >= 11 is 0. The molecule has 2 aromatic carbocycles. The van der Waals surface area contributed by atoms with E-state index < -0.39 is 27.0 Å². The van der Waals surface area contributed by atoms with Crippen molar-refractivity contribution in [2.75, 3.05) is 32.8 Å². The van der Waals surface area contributed by atoms with E-state index in [1.165, 1.54) is 36.1 Å². The standard InChI is InChI=1S/C24H29N3O6S/c1-4-33-20-9-7-19(8-10-20)22(29)25-23(34(31,32)21-11-5-17(2)6-12-21)24(30)27-15-13-26(14-16-27)18(3)28/h5-12,23H,4,13-16H2,1-3H3,(H,25,29)/t23-/m0/s1. The average Bonchev–Trinajstić information content (AvgIpc) is 2.83. The van der Waals surface area contributed by atoms with Gasteiger partial charge in [0.1, 0.15) is 5.75 Å². The van der Waals surface area contributed by atoms with Crippen LogP contribution in [0.2, 0.25) is 0 Å². The van der Waals surface area contributed by atoms with E-state index in [0.717, 1.165) is 5.56 Å². The number of nitrogens with zero attached hydrogens (tertiary/aromatic N) is 2. The molecule has 1 aliphatic rings. The molecule has 9 nitrogen and oxygen atoms in total. The van der Waals surface area contributed by atoms with E-state index in [-0.39, 0.29) is 29.5 Å². The molecular formula is C24H29N3O6S. The minimum Gasteiger partial charge on any atom is -0.494 e. The molecule has 2 aromatic rings. The number of amides is 3. The van der Waals surface area contributed by atoms with Crippen LogP contribution >= 0.6 is 0 Å². The Balaban J connectivity index is 1.88. The number of benzene rings is 2. The summed E-state index contributed by atoms with van der Waals surface area (Å²) < 4.78 is 32.3. The van der Waals surface area contributed by atoms with E-state index in [2.05, 4.69) is 5.32 Å². The van der Waals surface area contributed by atoms with Gasteiger partial charge in [0.05, 0.1) is 11.5 Å². The first kappa shape index (κ1) is 25.2. The molecule has 0 aliphatic carbocycles. The second kappa shape index (κ2) is 10.7. The van der Waals surface area contributed by atoms with Crippen molar-refractivity contribution < 1.29 is 27.5 Å². The number of piperazine rings is 1. The van der Waals surface area contributed by atoms with Gasteiger partial charge in [0.15, 0.2) is 0 Å². The molecule has 0 unspecified atom stereocenters. The number of rotatable bonds is 7. The molecule has 1 aliphatic heterocycles. The number of hydrogen-bond donors (Lipinski definition) is 1. The van der Waals surface area contributed by atoms with Crippen LogP contribution in [0.1, 0.15) is 29.8 Å². The van der Waals surface area contributed by atoms with Crippen LogP contribution in [0.4, 0.5) is 0 Å². The van der Waals surface area contributed by atoms with Crippen molar-refractivity contribution in [1.29, 1.82) is 0 Å². The summed E-state index contributed by atoms with van der Waals surface area (Å²) in [5.41, 5.74) is 1.06. The van der Waals surface area contributed by atoms with E-state index in [9.17, 15) is 22.8 Å². The number of nitrogens with one attached hydrogen (secondary N) is 1. The third-order valence-electron chi connectivity index (χ3n) is 5.61. The Bertz CT molecular complexity index is 1140. The van der Waals surface area contributed by atoms with E-state index >= 15 is 0 Å². The summed E-state index contributed by atoms with van der Waals surface area (Å²) in [6, 6.07) is 12.3. The van der Waals surface area contributed by atoms with Crippen LogP contribution in [-0.4, -0.2) is 74.1 Å². The normalized spacial score (nSPS) is 14.9. The maximum absolute atomic E-state index is 13.5. The molecule has 10 heteroatoms. The van der Waals surface area contributed by atoms with Crippen molar-refractivity contribution in [2.24, 2.45) is 0 Å². The van der Waals surface area contributed by atoms with Gasteiger partial charge in [-0.3, -0.25) is 14.4 Å². The lowest BCUT2D eigenvalue weighted by atomic mass is 10.2. The summed E-state index contributed by atoms with van der Waals surface area (Å²) in [5.74, 6) is -0.968. The monoisotopic (exact) mass is 487 g/mol. The van der Waals surface area contributed by atoms with Crippen LogP contribution in [0.5, 0.6) is 5.75 Å². The van der Waals surface area contributed by atoms with Gasteiger partial charge in [-0.15, -0.1) is 0 Å². The molecule has 34 heavy (non-hydrogen) atoms. The number of sulfone groups is 1. The van der Waals surface area contributed by atoms with Gasteiger partial charge in [0, 0.05) is 38.7 Å². The smallest absolute Gasteiger partial charge is 0.261 e. The predicted molar refractivity (Wildman–Crippen MR) is 126 cm³/mol. The van der Waals surface area contributed by atoms with Crippen LogP contribution < -0.4 is 10.1 Å². The molecule has 1 atom stereocenters.